The molecule has 1 unspecified atom stereocenters. The molecule has 4 aromatic rings. The van der Waals surface area contributed by atoms with Crippen molar-refractivity contribution in [3.05, 3.63) is 138 Å². The molecule has 43 heavy (non-hydrogen) atoms. The number of carbonyl (C=O) groups excluding carboxylic acids is 1. The molecule has 4 aromatic carbocycles. The number of carbonyl (C=O) groups is 1. The number of hydrogen-bond donors (Lipinski definition) is 0. The fraction of sp³-hybridized carbons (Fsp3) is 0.229. The average Bonchev–Trinajstić information content (AvgIpc) is 3.00. The second-order valence-corrected chi connectivity index (χ2v) is 11.6. The molecule has 0 heterocycles. The third-order valence-electron chi connectivity index (χ3n) is 6.60. The first-order chi connectivity index (χ1) is 20.7. The molecule has 8 heteroatoms. The van der Waals surface area contributed by atoms with Gasteiger partial charge < -0.3 is 18.4 Å². The van der Waals surface area contributed by atoms with Gasteiger partial charge in [0.15, 0.2) is 0 Å². The Hall–Kier alpha value is -4.40. The maximum absolute atomic E-state index is 12.7. The van der Waals surface area contributed by atoms with E-state index in [4.69, 9.17) is 18.4 Å². The summed E-state index contributed by atoms with van der Waals surface area (Å²) in [6.45, 7) is 7.55. The minimum Gasteiger partial charge on any atom is -0.489 e. The number of esters is 1. The van der Waals surface area contributed by atoms with E-state index in [1.165, 1.54) is 19.1 Å². The van der Waals surface area contributed by atoms with Gasteiger partial charge in [0.05, 0.1) is 6.10 Å². The van der Waals surface area contributed by atoms with Crippen molar-refractivity contribution in [2.45, 2.75) is 57.0 Å². The predicted octanol–water partition coefficient (Wildman–Crippen LogP) is 7.50. The maximum atomic E-state index is 12.7. The predicted molar refractivity (Wildman–Crippen MR) is 165 cm³/mol. The van der Waals surface area contributed by atoms with E-state index in [2.05, 4.69) is 6.58 Å². The summed E-state index contributed by atoms with van der Waals surface area (Å²) in [5, 5.41) is 0. The quantitative estimate of drug-likeness (QED) is 0.0604. The third-order valence-corrected chi connectivity index (χ3v) is 7.86. The van der Waals surface area contributed by atoms with Crippen LogP contribution in [0.1, 0.15) is 48.1 Å². The van der Waals surface area contributed by atoms with Gasteiger partial charge in [-0.15, -0.1) is 6.58 Å². The summed E-state index contributed by atoms with van der Waals surface area (Å²) in [6.07, 6.45) is 1.95. The van der Waals surface area contributed by atoms with Gasteiger partial charge in [0.1, 0.15) is 23.0 Å². The largest absolute Gasteiger partial charge is 0.489 e. The highest BCUT2D eigenvalue weighted by Crippen LogP contribution is 2.28. The number of benzene rings is 4. The molecule has 0 aliphatic heterocycles. The molecule has 0 aliphatic rings. The molecule has 4 rings (SSSR count). The Morgan fingerprint density at radius 2 is 1.49 bits per heavy atom. The summed E-state index contributed by atoms with van der Waals surface area (Å²) in [6, 6.07) is 30.8. The van der Waals surface area contributed by atoms with Crippen LogP contribution in [-0.2, 0) is 37.4 Å². The second kappa shape index (κ2) is 15.2. The van der Waals surface area contributed by atoms with Crippen LogP contribution in [0.2, 0.25) is 0 Å². The Morgan fingerprint density at radius 3 is 2.12 bits per heavy atom. The van der Waals surface area contributed by atoms with E-state index in [9.17, 15) is 13.2 Å². The molecule has 7 nitrogen and oxygen atoms in total. The van der Waals surface area contributed by atoms with Crippen LogP contribution >= 0.6 is 0 Å². The highest BCUT2D eigenvalue weighted by molar-refractivity contribution is 7.87. The van der Waals surface area contributed by atoms with Crippen LogP contribution in [0.15, 0.2) is 121 Å². The molecule has 0 radical (unpaired) electrons. The lowest BCUT2D eigenvalue weighted by Crippen LogP contribution is -2.23. The minimum absolute atomic E-state index is 0.0774. The Bertz CT molecular complexity index is 1560. The zero-order chi connectivity index (χ0) is 30.7. The Labute approximate surface area is 253 Å². The van der Waals surface area contributed by atoms with Gasteiger partial charge in [-0.2, -0.15) is 8.42 Å². The normalized spacial score (nSPS) is 12.6. The molecular weight excluding hydrogens is 564 g/mol. The first-order valence-electron chi connectivity index (χ1n) is 14.0. The van der Waals surface area contributed by atoms with Crippen molar-refractivity contribution in [2.24, 2.45) is 0 Å². The molecule has 224 valence electrons. The van der Waals surface area contributed by atoms with Gasteiger partial charge in [-0.1, -0.05) is 78.4 Å². The van der Waals surface area contributed by atoms with Crippen LogP contribution in [0, 0.1) is 6.92 Å². The van der Waals surface area contributed by atoms with Crippen LogP contribution in [0.5, 0.6) is 11.5 Å². The number of hydrogen-bond acceptors (Lipinski definition) is 7. The van der Waals surface area contributed by atoms with E-state index < -0.39 is 28.5 Å². The Morgan fingerprint density at radius 1 is 0.837 bits per heavy atom. The lowest BCUT2D eigenvalue weighted by molar-refractivity contribution is -0.190. The molecule has 0 saturated heterocycles. The monoisotopic (exact) mass is 600 g/mol. The van der Waals surface area contributed by atoms with Crippen LogP contribution < -0.4 is 8.92 Å². The summed E-state index contributed by atoms with van der Waals surface area (Å²) < 4.78 is 48.3. The van der Waals surface area contributed by atoms with E-state index in [0.29, 0.717) is 25.9 Å². The standard InChI is InChI=1S/C35H36O7S/c1-4-8-34(30-16-20-32(21-17-30)42-43(37,38)33-22-11-26(2)12-23-33)41-35(40-27(3)36)24-15-28-13-18-31(19-14-28)39-25-29-9-6-5-7-10-29/h4-7,9-14,16-23,34-35H,1,8,15,24-25H2,2-3H3/t34-,35?/m0/s1. The molecule has 0 amide bonds. The van der Waals surface area contributed by atoms with E-state index in [-0.39, 0.29) is 10.6 Å². The summed E-state index contributed by atoms with van der Waals surface area (Å²) >= 11 is 0. The van der Waals surface area contributed by atoms with E-state index in [0.717, 1.165) is 28.0 Å². The lowest BCUT2D eigenvalue weighted by Gasteiger charge is -2.24. The SMILES string of the molecule is C=CC[C@H](OC(CCc1ccc(OCc2ccccc2)cc1)OC(C)=O)c1ccc(OS(=O)(=O)c2ccc(C)cc2)cc1. The Kier molecular flexibility index (Phi) is 11.1. The molecule has 0 spiro atoms. The topological polar surface area (TPSA) is 88.1 Å². The van der Waals surface area contributed by atoms with E-state index in [1.54, 1.807) is 42.5 Å². The number of aryl methyl sites for hydroxylation is 2. The van der Waals surface area contributed by atoms with Crippen molar-refractivity contribution in [3.8, 4) is 11.5 Å². The molecule has 0 saturated carbocycles. The van der Waals surface area contributed by atoms with Gasteiger partial charge in [0, 0.05) is 13.3 Å². The van der Waals surface area contributed by atoms with Crippen LogP contribution in [0.25, 0.3) is 0 Å². The van der Waals surface area contributed by atoms with Gasteiger partial charge in [-0.3, -0.25) is 4.79 Å². The van der Waals surface area contributed by atoms with Crippen molar-refractivity contribution in [3.63, 3.8) is 0 Å². The smallest absolute Gasteiger partial charge is 0.339 e. The maximum Gasteiger partial charge on any atom is 0.339 e. The number of ether oxygens (including phenoxy) is 3. The van der Waals surface area contributed by atoms with Crippen molar-refractivity contribution in [1.29, 1.82) is 0 Å². The first-order valence-corrected chi connectivity index (χ1v) is 15.4. The third kappa shape index (κ3) is 9.84. The number of rotatable bonds is 15. The van der Waals surface area contributed by atoms with Crippen molar-refractivity contribution in [1.82, 2.24) is 0 Å². The van der Waals surface area contributed by atoms with Crippen molar-refractivity contribution >= 4 is 16.1 Å². The van der Waals surface area contributed by atoms with Gasteiger partial charge in [-0.25, -0.2) is 0 Å². The van der Waals surface area contributed by atoms with Crippen molar-refractivity contribution < 1.29 is 31.6 Å². The Balaban J connectivity index is 1.37. The molecule has 0 aliphatic carbocycles. The highest BCUT2D eigenvalue weighted by atomic mass is 32.2. The summed E-state index contributed by atoms with van der Waals surface area (Å²) in [5.74, 6) is 0.497. The van der Waals surface area contributed by atoms with Crippen LogP contribution in [0.3, 0.4) is 0 Å². The second-order valence-electron chi connectivity index (χ2n) is 10.1. The van der Waals surface area contributed by atoms with Crippen LogP contribution in [0.4, 0.5) is 0 Å². The van der Waals surface area contributed by atoms with Crippen LogP contribution in [-0.4, -0.2) is 20.7 Å². The summed E-state index contributed by atoms with van der Waals surface area (Å²) in [4.78, 5) is 12.0. The molecule has 0 N–H and O–H groups in total. The molecule has 0 fully saturated rings. The molecule has 2 atom stereocenters. The minimum atomic E-state index is -3.97. The zero-order valence-electron chi connectivity index (χ0n) is 24.3. The van der Waals surface area contributed by atoms with E-state index in [1.807, 2.05) is 61.5 Å². The molecule has 0 aromatic heterocycles. The highest BCUT2D eigenvalue weighted by Gasteiger charge is 2.21. The summed E-state index contributed by atoms with van der Waals surface area (Å²) in [5.41, 5.74) is 3.85. The van der Waals surface area contributed by atoms with Crippen molar-refractivity contribution in [2.75, 3.05) is 0 Å². The molecule has 0 bridgehead atoms. The van der Waals surface area contributed by atoms with E-state index >= 15 is 0 Å². The average molecular weight is 601 g/mol. The molecular formula is C35H36O7S. The fourth-order valence-corrected chi connectivity index (χ4v) is 5.27. The van der Waals surface area contributed by atoms with Gasteiger partial charge in [0.2, 0.25) is 6.29 Å². The van der Waals surface area contributed by atoms with Gasteiger partial charge in [0.25, 0.3) is 0 Å². The lowest BCUT2D eigenvalue weighted by atomic mass is 10.1. The van der Waals surface area contributed by atoms with Gasteiger partial charge in [-0.05, 0) is 72.9 Å². The fourth-order valence-electron chi connectivity index (χ4n) is 4.34. The summed E-state index contributed by atoms with van der Waals surface area (Å²) in [7, 11) is -3.97. The zero-order valence-corrected chi connectivity index (χ0v) is 25.2. The van der Waals surface area contributed by atoms with Gasteiger partial charge >= 0.3 is 16.1 Å². The first kappa shape index (κ1) is 31.5.